The highest BCUT2D eigenvalue weighted by atomic mass is 79.9. The second kappa shape index (κ2) is 4.26. The van der Waals surface area contributed by atoms with E-state index in [1.807, 2.05) is 31.2 Å². The summed E-state index contributed by atoms with van der Waals surface area (Å²) in [6.45, 7) is 2.03. The molecule has 0 aliphatic heterocycles. The summed E-state index contributed by atoms with van der Waals surface area (Å²) in [7, 11) is 0. The normalized spacial score (nSPS) is 14.6. The fourth-order valence-corrected chi connectivity index (χ4v) is 1.70. The van der Waals surface area contributed by atoms with Gasteiger partial charge in [0.2, 0.25) is 0 Å². The lowest BCUT2D eigenvalue weighted by Gasteiger charge is -2.16. The number of halogens is 2. The van der Waals surface area contributed by atoms with Crippen molar-refractivity contribution in [3.63, 3.8) is 0 Å². The Balaban J connectivity index is 3.08. The molecule has 0 saturated heterocycles. The molecule has 1 aromatic carbocycles. The lowest BCUT2D eigenvalue weighted by Crippen LogP contribution is -2.16. The van der Waals surface area contributed by atoms with Crippen molar-refractivity contribution in [3.05, 3.63) is 35.4 Å². The average molecular weight is 303 g/mol. The lowest BCUT2D eigenvalue weighted by molar-refractivity contribution is 0.940. The first kappa shape index (κ1) is 10.7. The molecule has 1 nitrogen and oxygen atoms in total. The quantitative estimate of drug-likeness (QED) is 0.767. The molecule has 3 heteroatoms. The predicted molar refractivity (Wildman–Crippen MR) is 61.2 cm³/mol. The molecule has 0 radical (unpaired) electrons. The van der Waals surface area contributed by atoms with Crippen LogP contribution in [-0.2, 0) is 4.32 Å². The van der Waals surface area contributed by atoms with E-state index in [4.69, 9.17) is 5.26 Å². The van der Waals surface area contributed by atoms with Crippen LogP contribution in [0.15, 0.2) is 24.3 Å². The van der Waals surface area contributed by atoms with Gasteiger partial charge in [0, 0.05) is 5.33 Å². The molecule has 0 N–H and O–H groups in total. The minimum atomic E-state index is -0.597. The summed E-state index contributed by atoms with van der Waals surface area (Å²) in [5, 5.41) is 9.56. The minimum absolute atomic E-state index is 0.583. The molecule has 1 rings (SSSR count). The van der Waals surface area contributed by atoms with Crippen molar-refractivity contribution in [2.45, 2.75) is 11.2 Å². The summed E-state index contributed by atoms with van der Waals surface area (Å²) in [5.74, 6) is 0. The molecule has 0 amide bonds. The number of hydrogen-bond acceptors (Lipinski definition) is 1. The van der Waals surface area contributed by atoms with Crippen molar-refractivity contribution in [2.75, 3.05) is 5.33 Å². The van der Waals surface area contributed by atoms with E-state index < -0.39 is 4.32 Å². The third-order valence-corrected chi connectivity index (χ3v) is 4.38. The van der Waals surface area contributed by atoms with Crippen LogP contribution in [0.25, 0.3) is 0 Å². The van der Waals surface area contributed by atoms with E-state index in [2.05, 4.69) is 37.9 Å². The SMILES string of the molecule is Cc1ccc(C(Br)(C#N)CBr)cc1. The van der Waals surface area contributed by atoms with Gasteiger partial charge in [-0.1, -0.05) is 61.7 Å². The Morgan fingerprint density at radius 1 is 1.38 bits per heavy atom. The summed E-state index contributed by atoms with van der Waals surface area (Å²) in [6, 6.07) is 10.2. The van der Waals surface area contributed by atoms with Crippen molar-refractivity contribution < 1.29 is 0 Å². The summed E-state index contributed by atoms with van der Waals surface area (Å²) in [6.07, 6.45) is 0. The van der Waals surface area contributed by atoms with Gasteiger partial charge < -0.3 is 0 Å². The Hall–Kier alpha value is -0.330. The molecule has 1 aromatic rings. The predicted octanol–water partition coefficient (Wildman–Crippen LogP) is 3.50. The van der Waals surface area contributed by atoms with Gasteiger partial charge in [-0.25, -0.2) is 0 Å². The van der Waals surface area contributed by atoms with Crippen LogP contribution in [0.5, 0.6) is 0 Å². The maximum absolute atomic E-state index is 8.98. The Kier molecular flexibility index (Phi) is 3.52. The Bertz CT molecular complexity index is 326. The number of nitriles is 1. The second-order valence-electron chi connectivity index (χ2n) is 2.91. The van der Waals surface area contributed by atoms with Gasteiger partial charge in [-0.05, 0) is 12.5 Å². The van der Waals surface area contributed by atoms with E-state index in [0.29, 0.717) is 5.33 Å². The lowest BCUT2D eigenvalue weighted by atomic mass is 10.0. The molecule has 0 saturated carbocycles. The highest BCUT2D eigenvalue weighted by Crippen LogP contribution is 2.32. The van der Waals surface area contributed by atoms with Gasteiger partial charge in [-0.15, -0.1) is 0 Å². The molecule has 0 spiro atoms. The Morgan fingerprint density at radius 2 is 1.92 bits per heavy atom. The highest BCUT2D eigenvalue weighted by Gasteiger charge is 2.26. The van der Waals surface area contributed by atoms with E-state index in [0.717, 1.165) is 5.56 Å². The van der Waals surface area contributed by atoms with Gasteiger partial charge >= 0.3 is 0 Å². The van der Waals surface area contributed by atoms with Crippen molar-refractivity contribution in [1.82, 2.24) is 0 Å². The first-order chi connectivity index (χ1) is 6.12. The van der Waals surface area contributed by atoms with E-state index in [-0.39, 0.29) is 0 Å². The maximum Gasteiger partial charge on any atom is 0.146 e. The van der Waals surface area contributed by atoms with Gasteiger partial charge in [-0.3, -0.25) is 0 Å². The number of rotatable bonds is 2. The molecule has 1 atom stereocenters. The monoisotopic (exact) mass is 301 g/mol. The third-order valence-electron chi connectivity index (χ3n) is 1.87. The molecule has 0 bridgehead atoms. The van der Waals surface area contributed by atoms with Gasteiger partial charge in [0.25, 0.3) is 0 Å². The zero-order valence-corrected chi connectivity index (χ0v) is 10.4. The van der Waals surface area contributed by atoms with Crippen LogP contribution >= 0.6 is 31.9 Å². The first-order valence-corrected chi connectivity index (χ1v) is 5.77. The summed E-state index contributed by atoms with van der Waals surface area (Å²) >= 11 is 6.73. The van der Waals surface area contributed by atoms with Crippen LogP contribution < -0.4 is 0 Å². The van der Waals surface area contributed by atoms with Crippen LogP contribution in [0, 0.1) is 18.3 Å². The fraction of sp³-hybridized carbons (Fsp3) is 0.300. The summed E-state index contributed by atoms with van der Waals surface area (Å²) < 4.78 is -0.597. The smallest absolute Gasteiger partial charge is 0.146 e. The zero-order chi connectivity index (χ0) is 9.90. The number of nitrogens with zero attached hydrogens (tertiary/aromatic N) is 1. The van der Waals surface area contributed by atoms with Gasteiger partial charge in [0.15, 0.2) is 0 Å². The van der Waals surface area contributed by atoms with Crippen LogP contribution in [0.1, 0.15) is 11.1 Å². The maximum atomic E-state index is 8.98. The van der Waals surface area contributed by atoms with E-state index in [1.54, 1.807) is 0 Å². The third kappa shape index (κ3) is 2.32. The van der Waals surface area contributed by atoms with Crippen LogP contribution in [0.3, 0.4) is 0 Å². The van der Waals surface area contributed by atoms with Crippen molar-refractivity contribution in [3.8, 4) is 6.07 Å². The van der Waals surface area contributed by atoms with E-state index >= 15 is 0 Å². The molecule has 0 fully saturated rings. The molecule has 0 heterocycles. The second-order valence-corrected chi connectivity index (χ2v) is 4.83. The standard InChI is InChI=1S/C10H9Br2N/c1-8-2-4-9(5-3-8)10(12,6-11)7-13/h2-5H,6H2,1H3. The largest absolute Gasteiger partial charge is 0.196 e. The molecule has 68 valence electrons. The zero-order valence-electron chi connectivity index (χ0n) is 7.22. The molecule has 0 aliphatic carbocycles. The topological polar surface area (TPSA) is 23.8 Å². The number of aryl methyl sites for hydroxylation is 1. The van der Waals surface area contributed by atoms with Crippen LogP contribution in [0.2, 0.25) is 0 Å². The average Bonchev–Trinajstić information content (AvgIpc) is 2.18. The number of hydrogen-bond donors (Lipinski definition) is 0. The Labute approximate surface area is 95.0 Å². The molecular formula is C10H9Br2N. The highest BCUT2D eigenvalue weighted by molar-refractivity contribution is 9.12. The number of benzene rings is 1. The van der Waals surface area contributed by atoms with E-state index in [9.17, 15) is 0 Å². The first-order valence-electron chi connectivity index (χ1n) is 3.85. The Morgan fingerprint density at radius 3 is 2.31 bits per heavy atom. The van der Waals surface area contributed by atoms with Gasteiger partial charge in [0.1, 0.15) is 4.32 Å². The van der Waals surface area contributed by atoms with Gasteiger partial charge in [0.05, 0.1) is 6.07 Å². The fourth-order valence-electron chi connectivity index (χ4n) is 0.989. The molecule has 0 aliphatic rings. The molecular weight excluding hydrogens is 294 g/mol. The number of alkyl halides is 2. The minimum Gasteiger partial charge on any atom is -0.196 e. The van der Waals surface area contributed by atoms with Crippen LogP contribution in [0.4, 0.5) is 0 Å². The van der Waals surface area contributed by atoms with Gasteiger partial charge in [-0.2, -0.15) is 5.26 Å². The molecule has 0 aromatic heterocycles. The summed E-state index contributed by atoms with van der Waals surface area (Å²) in [4.78, 5) is 0. The molecule has 1 unspecified atom stereocenters. The van der Waals surface area contributed by atoms with Crippen molar-refractivity contribution in [1.29, 1.82) is 5.26 Å². The van der Waals surface area contributed by atoms with Crippen molar-refractivity contribution >= 4 is 31.9 Å². The van der Waals surface area contributed by atoms with E-state index in [1.165, 1.54) is 5.56 Å². The van der Waals surface area contributed by atoms with Crippen LogP contribution in [-0.4, -0.2) is 5.33 Å². The summed E-state index contributed by atoms with van der Waals surface area (Å²) in [5.41, 5.74) is 2.18. The van der Waals surface area contributed by atoms with Crippen molar-refractivity contribution in [2.24, 2.45) is 0 Å². The molecule has 13 heavy (non-hydrogen) atoms.